The van der Waals surface area contributed by atoms with Crippen molar-refractivity contribution in [2.75, 3.05) is 0 Å². The van der Waals surface area contributed by atoms with Gasteiger partial charge in [-0.25, -0.2) is 4.98 Å². The van der Waals surface area contributed by atoms with E-state index in [1.165, 1.54) is 30.6 Å². The molecular weight excluding hydrogens is 379 g/mol. The maximum atomic E-state index is 12.8. The Labute approximate surface area is 154 Å². The molecular formula is C17H10F3N5O3. The molecule has 0 bridgehead atoms. The highest BCUT2D eigenvalue weighted by Crippen LogP contribution is 2.31. The summed E-state index contributed by atoms with van der Waals surface area (Å²) in [6.07, 6.45) is -3.01. The van der Waals surface area contributed by atoms with Gasteiger partial charge in [-0.2, -0.15) is 18.2 Å². The molecule has 0 radical (unpaired) electrons. The van der Waals surface area contributed by atoms with Gasteiger partial charge in [0.25, 0.3) is 11.6 Å². The Morgan fingerprint density at radius 2 is 2.00 bits per heavy atom. The number of hydrogen-bond acceptors (Lipinski definition) is 6. The average Bonchev–Trinajstić information content (AvgIpc) is 3.28. The van der Waals surface area contributed by atoms with Crippen LogP contribution in [-0.4, -0.2) is 24.6 Å². The second-order valence-electron chi connectivity index (χ2n) is 5.90. The zero-order chi connectivity index (χ0) is 19.9. The van der Waals surface area contributed by atoms with Gasteiger partial charge < -0.3 is 9.09 Å². The lowest BCUT2D eigenvalue weighted by Crippen LogP contribution is -2.04. The van der Waals surface area contributed by atoms with Crippen LogP contribution in [-0.2, 0) is 12.7 Å². The molecule has 4 rings (SSSR count). The molecule has 0 aliphatic rings. The monoisotopic (exact) mass is 389 g/mol. The minimum atomic E-state index is -4.48. The molecule has 2 aromatic heterocycles. The summed E-state index contributed by atoms with van der Waals surface area (Å²) >= 11 is 0. The standard InChI is InChI=1S/C17H10F3N5O3/c18-17(19,20)11-3-1-2-10(6-11)16-22-15(23-28-16)8-24-9-21-13-7-12(25(26)27)4-5-14(13)24/h1-7,9H,8H2. The van der Waals surface area contributed by atoms with Crippen LogP contribution in [0.15, 0.2) is 53.3 Å². The maximum absolute atomic E-state index is 12.8. The van der Waals surface area contributed by atoms with E-state index in [1.54, 1.807) is 10.6 Å². The molecule has 142 valence electrons. The van der Waals surface area contributed by atoms with Crippen LogP contribution in [0.3, 0.4) is 0 Å². The number of aromatic nitrogens is 4. The number of nitro groups is 1. The fraction of sp³-hybridized carbons (Fsp3) is 0.118. The average molecular weight is 389 g/mol. The number of nitro benzene ring substituents is 1. The molecule has 28 heavy (non-hydrogen) atoms. The Kier molecular flexibility index (Phi) is 4.06. The van der Waals surface area contributed by atoms with Gasteiger partial charge >= 0.3 is 6.18 Å². The molecule has 0 saturated carbocycles. The van der Waals surface area contributed by atoms with Gasteiger partial charge in [0.1, 0.15) is 0 Å². The number of imidazole rings is 1. The maximum Gasteiger partial charge on any atom is 0.416 e. The molecule has 0 saturated heterocycles. The van der Waals surface area contributed by atoms with Crippen LogP contribution < -0.4 is 0 Å². The van der Waals surface area contributed by atoms with Gasteiger partial charge in [0.15, 0.2) is 5.82 Å². The Morgan fingerprint density at radius 3 is 2.75 bits per heavy atom. The van der Waals surface area contributed by atoms with Gasteiger partial charge in [-0.05, 0) is 24.3 Å². The third-order valence-electron chi connectivity index (χ3n) is 4.03. The van der Waals surface area contributed by atoms with Crippen LogP contribution in [0.25, 0.3) is 22.5 Å². The SMILES string of the molecule is O=[N+]([O-])c1ccc2c(c1)ncn2Cc1noc(-c2cccc(C(F)(F)F)c2)n1. The summed E-state index contributed by atoms with van der Waals surface area (Å²) in [5.74, 6) is 0.186. The molecule has 2 heterocycles. The van der Waals surface area contributed by atoms with Crippen molar-refractivity contribution in [1.29, 1.82) is 0 Å². The van der Waals surface area contributed by atoms with Crippen LogP contribution >= 0.6 is 0 Å². The van der Waals surface area contributed by atoms with Crippen molar-refractivity contribution < 1.29 is 22.6 Å². The Balaban J connectivity index is 1.61. The minimum absolute atomic E-state index is 0.0406. The highest BCUT2D eigenvalue weighted by molar-refractivity contribution is 5.78. The molecule has 0 spiro atoms. The van der Waals surface area contributed by atoms with Crippen molar-refractivity contribution in [2.24, 2.45) is 0 Å². The van der Waals surface area contributed by atoms with Crippen LogP contribution in [0.1, 0.15) is 11.4 Å². The summed E-state index contributed by atoms with van der Waals surface area (Å²) in [6.45, 7) is 0.136. The van der Waals surface area contributed by atoms with Gasteiger partial charge in [-0.15, -0.1) is 0 Å². The second-order valence-corrected chi connectivity index (χ2v) is 5.90. The lowest BCUT2D eigenvalue weighted by molar-refractivity contribution is -0.384. The molecule has 4 aromatic rings. The Morgan fingerprint density at radius 1 is 1.18 bits per heavy atom. The molecule has 0 fully saturated rings. The summed E-state index contributed by atoms with van der Waals surface area (Å²) in [5.41, 5.74) is 0.308. The van der Waals surface area contributed by atoms with Crippen molar-refractivity contribution in [3.05, 3.63) is 70.3 Å². The number of halogens is 3. The van der Waals surface area contributed by atoms with E-state index in [9.17, 15) is 23.3 Å². The highest BCUT2D eigenvalue weighted by atomic mass is 19.4. The lowest BCUT2D eigenvalue weighted by Gasteiger charge is -2.06. The number of alkyl halides is 3. The van der Waals surface area contributed by atoms with Gasteiger partial charge in [-0.1, -0.05) is 11.2 Å². The largest absolute Gasteiger partial charge is 0.416 e. The fourth-order valence-electron chi connectivity index (χ4n) is 2.71. The molecule has 2 aromatic carbocycles. The number of nitrogens with zero attached hydrogens (tertiary/aromatic N) is 5. The quantitative estimate of drug-likeness (QED) is 0.385. The number of non-ortho nitro benzene ring substituents is 1. The van der Waals surface area contributed by atoms with E-state index >= 15 is 0 Å². The predicted molar refractivity (Wildman–Crippen MR) is 90.2 cm³/mol. The third kappa shape index (κ3) is 3.29. The zero-order valence-corrected chi connectivity index (χ0v) is 13.9. The van der Waals surface area contributed by atoms with Crippen LogP contribution in [0.5, 0.6) is 0 Å². The van der Waals surface area contributed by atoms with E-state index in [-0.39, 0.29) is 29.5 Å². The van der Waals surface area contributed by atoms with E-state index in [0.29, 0.717) is 11.0 Å². The van der Waals surface area contributed by atoms with Crippen molar-refractivity contribution in [3.8, 4) is 11.5 Å². The molecule has 11 heteroatoms. The van der Waals surface area contributed by atoms with Crippen LogP contribution in [0, 0.1) is 10.1 Å². The first-order valence-corrected chi connectivity index (χ1v) is 7.91. The number of benzene rings is 2. The first-order chi connectivity index (χ1) is 13.3. The molecule has 0 unspecified atom stereocenters. The molecule has 0 N–H and O–H groups in total. The van der Waals surface area contributed by atoms with Gasteiger partial charge in [0.05, 0.1) is 34.4 Å². The van der Waals surface area contributed by atoms with Crippen LogP contribution in [0.4, 0.5) is 18.9 Å². The molecule has 8 nitrogen and oxygen atoms in total. The molecule has 0 aliphatic carbocycles. The smallest absolute Gasteiger partial charge is 0.334 e. The van der Waals surface area contributed by atoms with E-state index in [0.717, 1.165) is 12.1 Å². The lowest BCUT2D eigenvalue weighted by atomic mass is 10.1. The first-order valence-electron chi connectivity index (χ1n) is 7.91. The van der Waals surface area contributed by atoms with Gasteiger partial charge in [0, 0.05) is 17.7 Å². The Bertz CT molecular complexity index is 1180. The summed E-state index contributed by atoms with van der Waals surface area (Å²) in [4.78, 5) is 18.6. The van der Waals surface area contributed by atoms with Crippen LogP contribution in [0.2, 0.25) is 0 Å². The van der Waals surface area contributed by atoms with Crippen molar-refractivity contribution in [3.63, 3.8) is 0 Å². The van der Waals surface area contributed by atoms with Gasteiger partial charge in [-0.3, -0.25) is 10.1 Å². The number of hydrogen-bond donors (Lipinski definition) is 0. The van der Waals surface area contributed by atoms with E-state index in [4.69, 9.17) is 4.52 Å². The third-order valence-corrected chi connectivity index (χ3v) is 4.03. The summed E-state index contributed by atoms with van der Waals surface area (Å²) < 4.78 is 45.3. The zero-order valence-electron chi connectivity index (χ0n) is 13.9. The van der Waals surface area contributed by atoms with Crippen molar-refractivity contribution in [1.82, 2.24) is 19.7 Å². The molecule has 0 aliphatic heterocycles. The van der Waals surface area contributed by atoms with E-state index in [2.05, 4.69) is 15.1 Å². The van der Waals surface area contributed by atoms with E-state index in [1.807, 2.05) is 0 Å². The van der Waals surface area contributed by atoms with Crippen molar-refractivity contribution >= 4 is 16.7 Å². The number of fused-ring (bicyclic) bond motifs is 1. The topological polar surface area (TPSA) is 99.9 Å². The summed E-state index contributed by atoms with van der Waals surface area (Å²) in [6, 6.07) is 8.84. The minimum Gasteiger partial charge on any atom is -0.334 e. The molecule has 0 amide bonds. The normalized spacial score (nSPS) is 11.8. The van der Waals surface area contributed by atoms with Gasteiger partial charge in [0.2, 0.25) is 0 Å². The first kappa shape index (κ1) is 17.6. The summed E-state index contributed by atoms with van der Waals surface area (Å²) in [5, 5.41) is 14.6. The second kappa shape index (κ2) is 6.44. The Hall–Kier alpha value is -3.76. The highest BCUT2D eigenvalue weighted by Gasteiger charge is 2.30. The number of rotatable bonds is 4. The summed E-state index contributed by atoms with van der Waals surface area (Å²) in [7, 11) is 0. The fourth-order valence-corrected chi connectivity index (χ4v) is 2.71. The molecule has 0 atom stereocenters. The van der Waals surface area contributed by atoms with E-state index < -0.39 is 16.7 Å². The van der Waals surface area contributed by atoms with Crippen molar-refractivity contribution in [2.45, 2.75) is 12.7 Å². The predicted octanol–water partition coefficient (Wildman–Crippen LogP) is 4.06.